The lowest BCUT2D eigenvalue weighted by molar-refractivity contribution is -0.113. The van der Waals surface area contributed by atoms with E-state index in [1.54, 1.807) is 20.3 Å². The highest BCUT2D eigenvalue weighted by Crippen LogP contribution is 2.35. The molecule has 7 heteroatoms. The smallest absolute Gasteiger partial charge is 0.255 e. The Morgan fingerprint density at radius 1 is 1.03 bits per heavy atom. The summed E-state index contributed by atoms with van der Waals surface area (Å²) in [4.78, 5) is 13.3. The fourth-order valence-corrected chi connectivity index (χ4v) is 3.80. The molecule has 0 spiro atoms. The minimum atomic E-state index is -0.462. The number of hydrogen-bond donors (Lipinski definition) is 3. The number of benzene rings is 2. The van der Waals surface area contributed by atoms with E-state index >= 15 is 0 Å². The molecular weight excluding hydrogens is 386 g/mol. The highest BCUT2D eigenvalue weighted by molar-refractivity contribution is 7.80. The van der Waals surface area contributed by atoms with Gasteiger partial charge in [0.1, 0.15) is 11.5 Å². The van der Waals surface area contributed by atoms with E-state index in [0.717, 1.165) is 22.4 Å². The number of thiocarbonyl (C=S) groups is 1. The molecule has 0 bridgehead atoms. The Hall–Kier alpha value is -3.06. The highest BCUT2D eigenvalue weighted by atomic mass is 32.1. The molecule has 0 aliphatic carbocycles. The van der Waals surface area contributed by atoms with E-state index < -0.39 is 6.04 Å². The van der Waals surface area contributed by atoms with Gasteiger partial charge < -0.3 is 25.4 Å². The second-order valence-electron chi connectivity index (χ2n) is 7.01. The van der Waals surface area contributed by atoms with Crippen molar-refractivity contribution in [3.05, 3.63) is 64.4 Å². The van der Waals surface area contributed by atoms with Gasteiger partial charge in [0.05, 0.1) is 25.8 Å². The normalized spacial score (nSPS) is 16.0. The van der Waals surface area contributed by atoms with E-state index in [4.69, 9.17) is 21.7 Å². The van der Waals surface area contributed by atoms with Crippen molar-refractivity contribution in [3.8, 4) is 11.5 Å². The minimum Gasteiger partial charge on any atom is -0.497 e. The number of hydrogen-bond acceptors (Lipinski definition) is 4. The third-order valence-electron chi connectivity index (χ3n) is 4.74. The Morgan fingerprint density at radius 3 is 2.34 bits per heavy atom. The summed E-state index contributed by atoms with van der Waals surface area (Å²) in [5, 5.41) is 9.71. The van der Waals surface area contributed by atoms with Gasteiger partial charge in [0.15, 0.2) is 5.11 Å². The molecular formula is C22H25N3O3S. The number of carbonyl (C=O) groups excluding carboxylic acids is 1. The van der Waals surface area contributed by atoms with Gasteiger partial charge in [-0.05, 0) is 68.4 Å². The fraction of sp³-hybridized carbons (Fsp3) is 0.273. The molecule has 1 aliphatic rings. The summed E-state index contributed by atoms with van der Waals surface area (Å²) < 4.78 is 10.8. The topological polar surface area (TPSA) is 71.6 Å². The molecule has 0 radical (unpaired) electrons. The zero-order valence-electron chi connectivity index (χ0n) is 17.2. The van der Waals surface area contributed by atoms with Gasteiger partial charge in [0.25, 0.3) is 5.91 Å². The van der Waals surface area contributed by atoms with Crippen LogP contribution in [0.3, 0.4) is 0 Å². The lowest BCUT2D eigenvalue weighted by Crippen LogP contribution is -2.45. The van der Waals surface area contributed by atoms with Gasteiger partial charge in [-0.25, -0.2) is 0 Å². The molecule has 1 aliphatic heterocycles. The van der Waals surface area contributed by atoms with Crippen LogP contribution in [-0.4, -0.2) is 25.2 Å². The second-order valence-corrected chi connectivity index (χ2v) is 7.42. The van der Waals surface area contributed by atoms with Crippen molar-refractivity contribution in [3.63, 3.8) is 0 Å². The van der Waals surface area contributed by atoms with Gasteiger partial charge >= 0.3 is 0 Å². The number of methoxy groups -OCH3 is 2. The Balaban J connectivity index is 2.01. The number of anilines is 1. The molecule has 29 heavy (non-hydrogen) atoms. The van der Waals surface area contributed by atoms with Crippen molar-refractivity contribution in [1.29, 1.82) is 0 Å². The zero-order chi connectivity index (χ0) is 21.1. The number of ether oxygens (including phenoxy) is 2. The SMILES string of the molecule is COc1ccc(C2NC(=S)NC(C)=C2C(=O)Nc2cc(C)cc(C)c2)c(OC)c1. The molecule has 1 unspecified atom stereocenters. The van der Waals surface area contributed by atoms with E-state index in [1.165, 1.54) is 0 Å². The average Bonchev–Trinajstić information content (AvgIpc) is 2.65. The molecule has 3 rings (SSSR count). The van der Waals surface area contributed by atoms with Gasteiger partial charge in [-0.3, -0.25) is 4.79 Å². The van der Waals surface area contributed by atoms with Crippen LogP contribution in [0.5, 0.6) is 11.5 Å². The number of carbonyl (C=O) groups is 1. The van der Waals surface area contributed by atoms with E-state index in [1.807, 2.05) is 45.0 Å². The van der Waals surface area contributed by atoms with Crippen LogP contribution in [0, 0.1) is 13.8 Å². The summed E-state index contributed by atoms with van der Waals surface area (Å²) in [5.74, 6) is 1.07. The van der Waals surface area contributed by atoms with Crippen LogP contribution in [-0.2, 0) is 4.79 Å². The molecule has 1 atom stereocenters. The van der Waals surface area contributed by atoms with Crippen LogP contribution in [0.2, 0.25) is 0 Å². The van der Waals surface area contributed by atoms with Crippen LogP contribution < -0.4 is 25.4 Å². The first kappa shape index (κ1) is 20.7. The molecule has 2 aromatic rings. The number of rotatable bonds is 5. The lowest BCUT2D eigenvalue weighted by atomic mass is 9.94. The maximum atomic E-state index is 13.3. The van der Waals surface area contributed by atoms with E-state index in [0.29, 0.717) is 27.9 Å². The second kappa shape index (κ2) is 8.53. The van der Waals surface area contributed by atoms with Crippen molar-refractivity contribution in [2.75, 3.05) is 19.5 Å². The maximum Gasteiger partial charge on any atom is 0.255 e. The molecule has 1 amide bonds. The number of allylic oxidation sites excluding steroid dienone is 1. The minimum absolute atomic E-state index is 0.210. The van der Waals surface area contributed by atoms with Crippen LogP contribution in [0.15, 0.2) is 47.7 Å². The Labute approximate surface area is 176 Å². The summed E-state index contributed by atoms with van der Waals surface area (Å²) in [7, 11) is 3.18. The number of aryl methyl sites for hydroxylation is 2. The van der Waals surface area contributed by atoms with E-state index in [2.05, 4.69) is 22.0 Å². The van der Waals surface area contributed by atoms with Crippen LogP contribution in [0.1, 0.15) is 29.7 Å². The molecule has 0 aromatic heterocycles. The Morgan fingerprint density at radius 2 is 1.72 bits per heavy atom. The predicted molar refractivity (Wildman–Crippen MR) is 118 cm³/mol. The molecule has 152 valence electrons. The van der Waals surface area contributed by atoms with Gasteiger partial charge in [-0.15, -0.1) is 0 Å². The van der Waals surface area contributed by atoms with Gasteiger partial charge in [-0.1, -0.05) is 6.07 Å². The van der Waals surface area contributed by atoms with Gasteiger partial charge in [0, 0.05) is 23.0 Å². The molecule has 0 saturated carbocycles. The van der Waals surface area contributed by atoms with Crippen LogP contribution in [0.4, 0.5) is 5.69 Å². The lowest BCUT2D eigenvalue weighted by Gasteiger charge is -2.31. The largest absolute Gasteiger partial charge is 0.497 e. The molecule has 3 N–H and O–H groups in total. The van der Waals surface area contributed by atoms with Crippen molar-refractivity contribution in [1.82, 2.24) is 10.6 Å². The monoisotopic (exact) mass is 411 g/mol. The first-order valence-corrected chi connectivity index (χ1v) is 9.63. The zero-order valence-corrected chi connectivity index (χ0v) is 18.0. The predicted octanol–water partition coefficient (Wildman–Crippen LogP) is 3.75. The van der Waals surface area contributed by atoms with Crippen LogP contribution >= 0.6 is 12.2 Å². The van der Waals surface area contributed by atoms with Gasteiger partial charge in [0.2, 0.25) is 0 Å². The van der Waals surface area contributed by atoms with Crippen LogP contribution in [0.25, 0.3) is 0 Å². The maximum absolute atomic E-state index is 13.3. The first-order chi connectivity index (χ1) is 13.8. The molecule has 0 fully saturated rings. The number of nitrogens with one attached hydrogen (secondary N) is 3. The average molecular weight is 412 g/mol. The summed E-state index contributed by atoms with van der Waals surface area (Å²) in [6.45, 7) is 5.84. The van der Waals surface area contributed by atoms with Crippen molar-refractivity contribution < 1.29 is 14.3 Å². The van der Waals surface area contributed by atoms with Crippen molar-refractivity contribution >= 4 is 28.9 Å². The highest BCUT2D eigenvalue weighted by Gasteiger charge is 2.32. The third kappa shape index (κ3) is 4.51. The third-order valence-corrected chi connectivity index (χ3v) is 4.96. The summed E-state index contributed by atoms with van der Waals surface area (Å²) in [5.41, 5.74) is 4.95. The summed E-state index contributed by atoms with van der Waals surface area (Å²) >= 11 is 5.34. The standard InChI is InChI=1S/C22H25N3O3S/c1-12-8-13(2)10-15(9-12)24-21(26)19-14(3)23-22(29)25-20(19)17-7-6-16(27-4)11-18(17)28-5/h6-11,20H,1-5H3,(H,24,26)(H2,23,25,29). The molecule has 0 saturated heterocycles. The first-order valence-electron chi connectivity index (χ1n) is 9.22. The fourth-order valence-electron chi connectivity index (χ4n) is 3.53. The number of amides is 1. The quantitative estimate of drug-likeness (QED) is 0.651. The molecule has 2 aromatic carbocycles. The van der Waals surface area contributed by atoms with Crippen molar-refractivity contribution in [2.45, 2.75) is 26.8 Å². The Kier molecular flexibility index (Phi) is 6.08. The van der Waals surface area contributed by atoms with Gasteiger partial charge in [-0.2, -0.15) is 0 Å². The van der Waals surface area contributed by atoms with E-state index in [9.17, 15) is 4.79 Å². The summed E-state index contributed by atoms with van der Waals surface area (Å²) in [6, 6.07) is 11.0. The Bertz CT molecular complexity index is 981. The molecule has 6 nitrogen and oxygen atoms in total. The van der Waals surface area contributed by atoms with E-state index in [-0.39, 0.29) is 5.91 Å². The molecule has 1 heterocycles. The summed E-state index contributed by atoms with van der Waals surface area (Å²) in [6.07, 6.45) is 0. The van der Waals surface area contributed by atoms with Crippen molar-refractivity contribution in [2.24, 2.45) is 0 Å².